The Morgan fingerprint density at radius 1 is 1.19 bits per heavy atom. The van der Waals surface area contributed by atoms with Crippen molar-refractivity contribution in [2.24, 2.45) is 0 Å². The summed E-state index contributed by atoms with van der Waals surface area (Å²) in [6.45, 7) is 0.834. The number of nitrogens with two attached hydrogens (primary N) is 1. The highest BCUT2D eigenvalue weighted by Crippen LogP contribution is 2.36. The van der Waals surface area contributed by atoms with Gasteiger partial charge in [-0.3, -0.25) is 4.79 Å². The molecule has 1 saturated carbocycles. The number of anilines is 1. The second-order valence-electron chi connectivity index (χ2n) is 6.46. The smallest absolute Gasteiger partial charge is 0.222 e. The lowest BCUT2D eigenvalue weighted by molar-refractivity contribution is -0.132. The second-order valence-corrected chi connectivity index (χ2v) is 6.46. The number of amides is 1. The lowest BCUT2D eigenvalue weighted by Gasteiger charge is -2.49. The topological polar surface area (TPSA) is 49.6 Å². The van der Waals surface area contributed by atoms with Gasteiger partial charge in [-0.05, 0) is 57.5 Å². The molecule has 0 saturated heterocycles. The second kappa shape index (κ2) is 6.48. The van der Waals surface area contributed by atoms with E-state index in [1.807, 2.05) is 36.2 Å². The molecule has 1 fully saturated rings. The number of nitrogen functional groups attached to an aromatic ring is 1. The molecule has 0 unspecified atom stereocenters. The predicted octanol–water partition coefficient (Wildman–Crippen LogP) is 2.14. The number of aryl methyl sites for hydroxylation is 1. The van der Waals surface area contributed by atoms with E-state index in [2.05, 4.69) is 19.0 Å². The monoisotopic (exact) mass is 289 g/mol. The first-order chi connectivity index (χ1) is 9.93. The van der Waals surface area contributed by atoms with Crippen molar-refractivity contribution in [2.75, 3.05) is 33.4 Å². The van der Waals surface area contributed by atoms with Crippen molar-refractivity contribution in [3.63, 3.8) is 0 Å². The molecule has 1 aliphatic rings. The SMILES string of the molecule is CN(CC1(N(C)C)CCC1)C(=O)CCc1ccc(N)cc1. The van der Waals surface area contributed by atoms with E-state index in [1.165, 1.54) is 19.3 Å². The molecule has 2 rings (SSSR count). The third-order valence-corrected chi connectivity index (χ3v) is 4.80. The fourth-order valence-electron chi connectivity index (χ4n) is 2.99. The van der Waals surface area contributed by atoms with Crippen molar-refractivity contribution in [2.45, 2.75) is 37.6 Å². The summed E-state index contributed by atoms with van der Waals surface area (Å²) in [6, 6.07) is 7.77. The van der Waals surface area contributed by atoms with Crippen LogP contribution in [0.15, 0.2) is 24.3 Å². The molecular weight excluding hydrogens is 262 g/mol. The van der Waals surface area contributed by atoms with Crippen LogP contribution in [0, 0.1) is 0 Å². The molecule has 4 nitrogen and oxygen atoms in total. The number of nitrogens with zero attached hydrogens (tertiary/aromatic N) is 2. The highest BCUT2D eigenvalue weighted by Gasteiger charge is 2.40. The van der Waals surface area contributed by atoms with Crippen molar-refractivity contribution in [3.8, 4) is 0 Å². The van der Waals surface area contributed by atoms with Crippen molar-refractivity contribution in [1.82, 2.24) is 9.80 Å². The first kappa shape index (κ1) is 15.8. The molecule has 0 aromatic heterocycles. The van der Waals surface area contributed by atoms with Gasteiger partial charge in [0.25, 0.3) is 0 Å². The summed E-state index contributed by atoms with van der Waals surface area (Å²) in [7, 11) is 6.16. The van der Waals surface area contributed by atoms with Crippen molar-refractivity contribution in [1.29, 1.82) is 0 Å². The Hall–Kier alpha value is -1.55. The summed E-state index contributed by atoms with van der Waals surface area (Å²) < 4.78 is 0. The standard InChI is InChI=1S/C17H27N3O/c1-19(2)17(11-4-12-17)13-20(3)16(21)10-7-14-5-8-15(18)9-6-14/h5-6,8-9H,4,7,10-13,18H2,1-3H3. The molecule has 1 amide bonds. The first-order valence-electron chi connectivity index (χ1n) is 7.69. The molecule has 1 aromatic rings. The molecule has 1 aliphatic carbocycles. The van der Waals surface area contributed by atoms with Crippen LogP contribution in [0.1, 0.15) is 31.2 Å². The number of carbonyl (C=O) groups is 1. The first-order valence-corrected chi connectivity index (χ1v) is 7.69. The predicted molar refractivity (Wildman–Crippen MR) is 87.1 cm³/mol. The van der Waals surface area contributed by atoms with Gasteiger partial charge in [0.15, 0.2) is 0 Å². The van der Waals surface area contributed by atoms with Crippen LogP contribution in [0.5, 0.6) is 0 Å². The van der Waals surface area contributed by atoms with E-state index in [1.54, 1.807) is 0 Å². The molecule has 21 heavy (non-hydrogen) atoms. The molecule has 0 atom stereocenters. The van der Waals surface area contributed by atoms with Gasteiger partial charge in [0.05, 0.1) is 0 Å². The minimum Gasteiger partial charge on any atom is -0.399 e. The Labute approximate surface area is 127 Å². The summed E-state index contributed by atoms with van der Waals surface area (Å²) in [4.78, 5) is 16.5. The summed E-state index contributed by atoms with van der Waals surface area (Å²) in [5, 5.41) is 0. The van der Waals surface area contributed by atoms with Gasteiger partial charge in [-0.15, -0.1) is 0 Å². The van der Waals surface area contributed by atoms with Crippen LogP contribution in [-0.2, 0) is 11.2 Å². The molecule has 0 radical (unpaired) electrons. The lowest BCUT2D eigenvalue weighted by Crippen LogP contribution is -2.57. The van der Waals surface area contributed by atoms with Crippen molar-refractivity contribution < 1.29 is 4.79 Å². The fraction of sp³-hybridized carbons (Fsp3) is 0.588. The summed E-state index contributed by atoms with van der Waals surface area (Å²) in [6.07, 6.45) is 4.99. The Bertz CT molecular complexity index is 477. The molecule has 0 aliphatic heterocycles. The van der Waals surface area contributed by atoms with E-state index in [9.17, 15) is 4.79 Å². The number of likely N-dealkylation sites (N-methyl/N-ethyl adjacent to an activating group) is 2. The van der Waals surface area contributed by atoms with Crippen LogP contribution in [-0.4, -0.2) is 48.9 Å². The molecule has 2 N–H and O–H groups in total. The van der Waals surface area contributed by atoms with Gasteiger partial charge in [-0.1, -0.05) is 12.1 Å². The average molecular weight is 289 g/mol. The highest BCUT2D eigenvalue weighted by molar-refractivity contribution is 5.76. The van der Waals surface area contributed by atoms with Gasteiger partial charge >= 0.3 is 0 Å². The lowest BCUT2D eigenvalue weighted by atomic mass is 9.75. The summed E-state index contributed by atoms with van der Waals surface area (Å²) in [5.74, 6) is 0.222. The number of carbonyl (C=O) groups excluding carboxylic acids is 1. The molecule has 4 heteroatoms. The number of benzene rings is 1. The zero-order chi connectivity index (χ0) is 15.5. The van der Waals surface area contributed by atoms with Gasteiger partial charge in [0.1, 0.15) is 0 Å². The zero-order valence-electron chi connectivity index (χ0n) is 13.4. The van der Waals surface area contributed by atoms with E-state index in [-0.39, 0.29) is 11.4 Å². The third-order valence-electron chi connectivity index (χ3n) is 4.80. The maximum atomic E-state index is 12.3. The number of hydrogen-bond acceptors (Lipinski definition) is 3. The van der Waals surface area contributed by atoms with Gasteiger partial charge in [0, 0.05) is 31.2 Å². The van der Waals surface area contributed by atoms with E-state index in [4.69, 9.17) is 5.73 Å². The quantitative estimate of drug-likeness (QED) is 0.816. The van der Waals surface area contributed by atoms with E-state index >= 15 is 0 Å². The van der Waals surface area contributed by atoms with Crippen LogP contribution in [0.2, 0.25) is 0 Å². The largest absolute Gasteiger partial charge is 0.399 e. The van der Waals surface area contributed by atoms with Gasteiger partial charge in [-0.25, -0.2) is 0 Å². The summed E-state index contributed by atoms with van der Waals surface area (Å²) >= 11 is 0. The number of hydrogen-bond donors (Lipinski definition) is 1. The van der Waals surface area contributed by atoms with Crippen LogP contribution in [0.25, 0.3) is 0 Å². The normalized spacial score (nSPS) is 16.6. The molecule has 116 valence electrons. The molecule has 0 spiro atoms. The van der Waals surface area contributed by atoms with Crippen molar-refractivity contribution in [3.05, 3.63) is 29.8 Å². The molecule has 0 bridgehead atoms. The number of rotatable bonds is 6. The highest BCUT2D eigenvalue weighted by atomic mass is 16.2. The average Bonchev–Trinajstić information content (AvgIpc) is 2.41. The van der Waals surface area contributed by atoms with Crippen LogP contribution in [0.3, 0.4) is 0 Å². The maximum Gasteiger partial charge on any atom is 0.222 e. The van der Waals surface area contributed by atoms with E-state index in [0.29, 0.717) is 6.42 Å². The van der Waals surface area contributed by atoms with Crippen molar-refractivity contribution >= 4 is 11.6 Å². The zero-order valence-corrected chi connectivity index (χ0v) is 13.4. The van der Waals surface area contributed by atoms with E-state index < -0.39 is 0 Å². The maximum absolute atomic E-state index is 12.3. The van der Waals surface area contributed by atoms with Crippen LogP contribution >= 0.6 is 0 Å². The Balaban J connectivity index is 1.84. The molecule has 0 heterocycles. The minimum atomic E-state index is 0.200. The van der Waals surface area contributed by atoms with Gasteiger partial charge in [-0.2, -0.15) is 0 Å². The third kappa shape index (κ3) is 3.76. The van der Waals surface area contributed by atoms with Crippen LogP contribution < -0.4 is 5.73 Å². The molecular formula is C17H27N3O. The van der Waals surface area contributed by atoms with Gasteiger partial charge < -0.3 is 15.5 Å². The van der Waals surface area contributed by atoms with E-state index in [0.717, 1.165) is 24.2 Å². The fourth-order valence-corrected chi connectivity index (χ4v) is 2.99. The Morgan fingerprint density at radius 3 is 2.29 bits per heavy atom. The summed E-state index contributed by atoms with van der Waals surface area (Å²) in [5.41, 5.74) is 7.80. The minimum absolute atomic E-state index is 0.200. The van der Waals surface area contributed by atoms with Crippen LogP contribution in [0.4, 0.5) is 5.69 Å². The Kier molecular flexibility index (Phi) is 4.88. The Morgan fingerprint density at radius 2 is 1.81 bits per heavy atom. The van der Waals surface area contributed by atoms with Gasteiger partial charge in [0.2, 0.25) is 5.91 Å². The molecule has 1 aromatic carbocycles.